The number of hydrogen-bond donors (Lipinski definition) is 2. The normalized spacial score (nSPS) is 10.6. The lowest BCUT2D eigenvalue weighted by atomic mass is 10.2. The van der Waals surface area contributed by atoms with Gasteiger partial charge in [-0.05, 0) is 43.3 Å². The number of aromatic nitrogens is 4. The summed E-state index contributed by atoms with van der Waals surface area (Å²) in [6.45, 7) is 2.54. The van der Waals surface area contributed by atoms with Gasteiger partial charge in [0.25, 0.3) is 5.91 Å². The van der Waals surface area contributed by atoms with Crippen LogP contribution in [-0.4, -0.2) is 46.9 Å². The number of H-pyrrole nitrogens is 1. The van der Waals surface area contributed by atoms with Gasteiger partial charge in [0.05, 0.1) is 26.4 Å². The van der Waals surface area contributed by atoms with E-state index in [1.807, 2.05) is 31.2 Å². The smallest absolute Gasteiger partial charge is 0.277 e. The highest BCUT2D eigenvalue weighted by molar-refractivity contribution is 7.13. The number of carbonyl (C=O) groups is 1. The number of amides is 1. The van der Waals surface area contributed by atoms with Crippen LogP contribution in [0.1, 0.15) is 17.4 Å². The number of benzene rings is 2. The Labute approximate surface area is 188 Å². The monoisotopic (exact) mass is 451 g/mol. The standard InChI is InChI=1S/C22H21N5O4S/c1-4-31-14-7-5-13(6-8-14)21-23-17(12-32-21)20(28)25-22-24-19(26-27-22)16-10-9-15(29-2)11-18(16)30-3/h5-12H,4H2,1-3H3,(H2,24,25,26,27,28). The number of thiazole rings is 1. The SMILES string of the molecule is CCOc1ccc(-c2nc(C(=O)Nc3n[nH]c(-c4ccc(OC)cc4OC)n3)cs2)cc1. The fourth-order valence-electron chi connectivity index (χ4n) is 2.97. The number of nitrogens with zero attached hydrogens (tertiary/aromatic N) is 3. The van der Waals surface area contributed by atoms with Crippen molar-refractivity contribution in [3.63, 3.8) is 0 Å². The van der Waals surface area contributed by atoms with Crippen LogP contribution < -0.4 is 19.5 Å². The maximum Gasteiger partial charge on any atom is 0.277 e. The van der Waals surface area contributed by atoms with Crippen LogP contribution in [0.15, 0.2) is 47.8 Å². The lowest BCUT2D eigenvalue weighted by Crippen LogP contribution is -2.13. The topological polar surface area (TPSA) is 111 Å². The molecule has 32 heavy (non-hydrogen) atoms. The molecule has 2 aromatic heterocycles. The quantitative estimate of drug-likeness (QED) is 0.412. The molecule has 0 fully saturated rings. The average molecular weight is 452 g/mol. The molecular weight excluding hydrogens is 430 g/mol. The molecule has 0 atom stereocenters. The second kappa shape index (κ2) is 9.48. The van der Waals surface area contributed by atoms with Crippen LogP contribution in [0.2, 0.25) is 0 Å². The van der Waals surface area contributed by atoms with Crippen molar-refractivity contribution in [3.05, 3.63) is 53.5 Å². The summed E-state index contributed by atoms with van der Waals surface area (Å²) in [5.41, 5.74) is 1.88. The summed E-state index contributed by atoms with van der Waals surface area (Å²) in [7, 11) is 3.14. The summed E-state index contributed by atoms with van der Waals surface area (Å²) >= 11 is 1.38. The van der Waals surface area contributed by atoms with Crippen LogP contribution in [0.4, 0.5) is 5.95 Å². The Morgan fingerprint density at radius 3 is 2.56 bits per heavy atom. The summed E-state index contributed by atoms with van der Waals surface area (Å²) < 4.78 is 16.1. The van der Waals surface area contributed by atoms with Crippen molar-refractivity contribution in [1.29, 1.82) is 0 Å². The largest absolute Gasteiger partial charge is 0.497 e. The zero-order valence-corrected chi connectivity index (χ0v) is 18.5. The summed E-state index contributed by atoms with van der Waals surface area (Å²) in [5.74, 6) is 2.21. The molecule has 0 aliphatic rings. The molecule has 2 N–H and O–H groups in total. The molecule has 0 saturated carbocycles. The van der Waals surface area contributed by atoms with E-state index in [4.69, 9.17) is 14.2 Å². The summed E-state index contributed by atoms with van der Waals surface area (Å²) in [6.07, 6.45) is 0. The maximum absolute atomic E-state index is 12.6. The molecule has 0 aliphatic carbocycles. The second-order valence-electron chi connectivity index (χ2n) is 6.52. The first-order valence-electron chi connectivity index (χ1n) is 9.76. The predicted octanol–water partition coefficient (Wildman–Crippen LogP) is 4.26. The minimum Gasteiger partial charge on any atom is -0.497 e. The molecule has 4 rings (SSSR count). The first-order valence-corrected chi connectivity index (χ1v) is 10.6. The molecule has 10 heteroatoms. The van der Waals surface area contributed by atoms with E-state index in [-0.39, 0.29) is 11.6 Å². The third kappa shape index (κ3) is 4.54. The molecule has 9 nitrogen and oxygen atoms in total. The Bertz CT molecular complexity index is 1220. The second-order valence-corrected chi connectivity index (χ2v) is 7.38. The molecule has 2 aromatic carbocycles. The van der Waals surface area contributed by atoms with Gasteiger partial charge in [-0.1, -0.05) is 0 Å². The number of carbonyl (C=O) groups excluding carboxylic acids is 1. The van der Waals surface area contributed by atoms with Crippen LogP contribution >= 0.6 is 11.3 Å². The number of methoxy groups -OCH3 is 2. The highest BCUT2D eigenvalue weighted by atomic mass is 32.1. The van der Waals surface area contributed by atoms with E-state index in [0.717, 1.165) is 16.3 Å². The van der Waals surface area contributed by atoms with Crippen LogP contribution in [0.3, 0.4) is 0 Å². The highest BCUT2D eigenvalue weighted by Crippen LogP contribution is 2.31. The molecular formula is C22H21N5O4S. The highest BCUT2D eigenvalue weighted by Gasteiger charge is 2.16. The number of ether oxygens (including phenoxy) is 3. The van der Waals surface area contributed by atoms with E-state index >= 15 is 0 Å². The average Bonchev–Trinajstić information content (AvgIpc) is 3.49. The molecule has 0 saturated heterocycles. The van der Waals surface area contributed by atoms with Crippen molar-refractivity contribution in [1.82, 2.24) is 20.2 Å². The van der Waals surface area contributed by atoms with Crippen molar-refractivity contribution in [2.75, 3.05) is 26.1 Å². The number of aromatic amines is 1. The Hall–Kier alpha value is -3.92. The van der Waals surface area contributed by atoms with E-state index in [2.05, 4.69) is 25.5 Å². The molecule has 0 aliphatic heterocycles. The van der Waals surface area contributed by atoms with Gasteiger partial charge in [-0.15, -0.1) is 16.4 Å². The molecule has 164 valence electrons. The minimum atomic E-state index is -0.398. The van der Waals surface area contributed by atoms with Gasteiger partial charge >= 0.3 is 0 Å². The third-order valence-electron chi connectivity index (χ3n) is 4.52. The first-order chi connectivity index (χ1) is 15.6. The number of anilines is 1. The Morgan fingerprint density at radius 2 is 1.84 bits per heavy atom. The predicted molar refractivity (Wildman–Crippen MR) is 122 cm³/mol. The fourth-order valence-corrected chi connectivity index (χ4v) is 3.78. The third-order valence-corrected chi connectivity index (χ3v) is 5.42. The molecule has 2 heterocycles. The summed E-state index contributed by atoms with van der Waals surface area (Å²) in [6, 6.07) is 12.9. The van der Waals surface area contributed by atoms with Gasteiger partial charge in [-0.3, -0.25) is 15.2 Å². The Morgan fingerprint density at radius 1 is 1.06 bits per heavy atom. The molecule has 4 aromatic rings. The summed E-state index contributed by atoms with van der Waals surface area (Å²) in [4.78, 5) is 21.4. The van der Waals surface area contributed by atoms with Crippen LogP contribution in [0, 0.1) is 0 Å². The molecule has 0 bridgehead atoms. The number of hydrogen-bond acceptors (Lipinski definition) is 8. The van der Waals surface area contributed by atoms with Gasteiger partial charge in [0.1, 0.15) is 28.0 Å². The van der Waals surface area contributed by atoms with Crippen molar-refractivity contribution < 1.29 is 19.0 Å². The fraction of sp³-hybridized carbons (Fsp3) is 0.182. The Balaban J connectivity index is 1.47. The van der Waals surface area contributed by atoms with E-state index < -0.39 is 5.91 Å². The van der Waals surface area contributed by atoms with Crippen LogP contribution in [0.25, 0.3) is 22.0 Å². The van der Waals surface area contributed by atoms with E-state index in [0.29, 0.717) is 29.5 Å². The molecule has 0 radical (unpaired) electrons. The molecule has 0 spiro atoms. The molecule has 1 amide bonds. The number of nitrogens with one attached hydrogen (secondary N) is 2. The Kier molecular flexibility index (Phi) is 6.31. The molecule has 0 unspecified atom stereocenters. The van der Waals surface area contributed by atoms with Gasteiger partial charge in [-0.25, -0.2) is 4.98 Å². The van der Waals surface area contributed by atoms with Crippen molar-refractivity contribution in [2.24, 2.45) is 0 Å². The van der Waals surface area contributed by atoms with Gasteiger partial charge in [0, 0.05) is 17.0 Å². The lowest BCUT2D eigenvalue weighted by molar-refractivity contribution is 0.102. The van der Waals surface area contributed by atoms with Gasteiger partial charge in [0.2, 0.25) is 5.95 Å². The minimum absolute atomic E-state index is 0.137. The van der Waals surface area contributed by atoms with Gasteiger partial charge < -0.3 is 14.2 Å². The number of rotatable bonds is 8. The summed E-state index contributed by atoms with van der Waals surface area (Å²) in [5, 5.41) is 12.0. The zero-order valence-electron chi connectivity index (χ0n) is 17.7. The van der Waals surface area contributed by atoms with Crippen LogP contribution in [-0.2, 0) is 0 Å². The van der Waals surface area contributed by atoms with Gasteiger partial charge in [-0.2, -0.15) is 4.98 Å². The maximum atomic E-state index is 12.6. The van der Waals surface area contributed by atoms with Crippen molar-refractivity contribution in [3.8, 4) is 39.2 Å². The van der Waals surface area contributed by atoms with E-state index in [9.17, 15) is 4.79 Å². The van der Waals surface area contributed by atoms with E-state index in [1.165, 1.54) is 11.3 Å². The first kappa shape index (κ1) is 21.3. The van der Waals surface area contributed by atoms with E-state index in [1.54, 1.807) is 37.8 Å². The van der Waals surface area contributed by atoms with Crippen molar-refractivity contribution in [2.45, 2.75) is 6.92 Å². The van der Waals surface area contributed by atoms with Crippen LogP contribution in [0.5, 0.6) is 17.2 Å². The zero-order chi connectivity index (χ0) is 22.5. The lowest BCUT2D eigenvalue weighted by Gasteiger charge is -2.07. The van der Waals surface area contributed by atoms with Gasteiger partial charge in [0.15, 0.2) is 5.82 Å². The van der Waals surface area contributed by atoms with Crippen molar-refractivity contribution >= 4 is 23.2 Å².